The molecular weight excluding hydrogens is 360 g/mol. The van der Waals surface area contributed by atoms with Gasteiger partial charge in [-0.1, -0.05) is 29.8 Å². The maximum absolute atomic E-state index is 12.3. The molecule has 148 valence electrons. The average Bonchev–Trinajstić information content (AvgIpc) is 2.58. The van der Waals surface area contributed by atoms with E-state index in [1.54, 1.807) is 13.1 Å². The number of para-hydroxylation sites is 2. The Morgan fingerprint density at radius 3 is 2.11 bits per heavy atom. The lowest BCUT2D eigenvalue weighted by molar-refractivity contribution is -0.383. The number of amides is 2. The summed E-state index contributed by atoms with van der Waals surface area (Å²) in [6.45, 7) is 5.79. The topological polar surface area (TPSA) is 105 Å². The van der Waals surface area contributed by atoms with E-state index in [-0.39, 0.29) is 30.4 Å². The lowest BCUT2D eigenvalue weighted by Crippen LogP contribution is -2.36. The monoisotopic (exact) mass is 384 g/mol. The summed E-state index contributed by atoms with van der Waals surface area (Å²) in [6.07, 6.45) is 0. The van der Waals surface area contributed by atoms with E-state index in [0.717, 1.165) is 22.4 Å². The van der Waals surface area contributed by atoms with Crippen molar-refractivity contribution in [2.24, 2.45) is 0 Å². The highest BCUT2D eigenvalue weighted by molar-refractivity contribution is 5.96. The third-order valence-electron chi connectivity index (χ3n) is 4.14. The highest BCUT2D eigenvalue weighted by atomic mass is 16.6. The molecule has 0 unspecified atom stereocenters. The molecule has 28 heavy (non-hydrogen) atoms. The minimum Gasteiger partial charge on any atom is -0.324 e. The number of carbonyl (C=O) groups is 2. The second-order valence-corrected chi connectivity index (χ2v) is 6.82. The van der Waals surface area contributed by atoms with E-state index >= 15 is 0 Å². The summed E-state index contributed by atoms with van der Waals surface area (Å²) < 4.78 is 0. The van der Waals surface area contributed by atoms with Gasteiger partial charge in [0.15, 0.2) is 0 Å². The molecule has 0 aliphatic carbocycles. The molecule has 0 saturated heterocycles. The van der Waals surface area contributed by atoms with E-state index in [0.29, 0.717) is 0 Å². The number of benzene rings is 2. The fourth-order valence-corrected chi connectivity index (χ4v) is 3.03. The van der Waals surface area contributed by atoms with Gasteiger partial charge in [0, 0.05) is 11.8 Å². The molecule has 0 heterocycles. The van der Waals surface area contributed by atoms with Gasteiger partial charge < -0.3 is 10.6 Å². The van der Waals surface area contributed by atoms with Crippen molar-refractivity contribution in [3.8, 4) is 0 Å². The van der Waals surface area contributed by atoms with Crippen LogP contribution >= 0.6 is 0 Å². The Morgan fingerprint density at radius 1 is 1.00 bits per heavy atom. The van der Waals surface area contributed by atoms with E-state index in [1.165, 1.54) is 23.1 Å². The Labute approximate surface area is 163 Å². The second-order valence-electron chi connectivity index (χ2n) is 6.82. The van der Waals surface area contributed by atoms with Crippen LogP contribution in [0.2, 0.25) is 0 Å². The second kappa shape index (κ2) is 9.09. The summed E-state index contributed by atoms with van der Waals surface area (Å²) >= 11 is 0. The normalized spacial score (nSPS) is 10.6. The summed E-state index contributed by atoms with van der Waals surface area (Å²) in [5.74, 6) is -0.677. The lowest BCUT2D eigenvalue weighted by Gasteiger charge is -2.18. The van der Waals surface area contributed by atoms with Crippen LogP contribution in [0.3, 0.4) is 0 Å². The molecule has 8 nitrogen and oxygen atoms in total. The van der Waals surface area contributed by atoms with Gasteiger partial charge in [0.1, 0.15) is 5.69 Å². The van der Waals surface area contributed by atoms with E-state index in [9.17, 15) is 19.7 Å². The molecule has 0 aromatic heterocycles. The number of nitro groups is 1. The van der Waals surface area contributed by atoms with Crippen LogP contribution in [-0.4, -0.2) is 41.8 Å². The van der Waals surface area contributed by atoms with Crippen LogP contribution in [-0.2, 0) is 9.59 Å². The Hall–Kier alpha value is -3.26. The number of likely N-dealkylation sites (N-methyl/N-ethyl adjacent to an activating group) is 1. The molecule has 2 aromatic rings. The first-order valence-electron chi connectivity index (χ1n) is 8.77. The highest BCUT2D eigenvalue weighted by Crippen LogP contribution is 2.23. The van der Waals surface area contributed by atoms with Crippen LogP contribution < -0.4 is 10.6 Å². The number of hydrogen-bond acceptors (Lipinski definition) is 5. The number of nitro benzene ring substituents is 1. The SMILES string of the molecule is Cc1cc(C)c(NC(=O)CN(C)CC(=O)Nc2ccccc2[N+](=O)[O-])c(C)c1. The molecule has 8 heteroatoms. The molecule has 2 N–H and O–H groups in total. The Bertz CT molecular complexity index is 888. The van der Waals surface area contributed by atoms with Gasteiger partial charge in [0.2, 0.25) is 11.8 Å². The fourth-order valence-electron chi connectivity index (χ4n) is 3.03. The molecule has 2 aromatic carbocycles. The molecule has 0 bridgehead atoms. The van der Waals surface area contributed by atoms with Gasteiger partial charge in [-0.2, -0.15) is 0 Å². The largest absolute Gasteiger partial charge is 0.324 e. The number of nitrogens with one attached hydrogen (secondary N) is 2. The van der Waals surface area contributed by atoms with Crippen LogP contribution in [0, 0.1) is 30.9 Å². The van der Waals surface area contributed by atoms with Crippen LogP contribution in [0.25, 0.3) is 0 Å². The fraction of sp³-hybridized carbons (Fsp3) is 0.300. The molecule has 2 rings (SSSR count). The van der Waals surface area contributed by atoms with E-state index in [1.807, 2.05) is 32.9 Å². The van der Waals surface area contributed by atoms with Crippen molar-refractivity contribution in [1.29, 1.82) is 0 Å². The smallest absolute Gasteiger partial charge is 0.292 e. The van der Waals surface area contributed by atoms with E-state index in [2.05, 4.69) is 10.6 Å². The van der Waals surface area contributed by atoms with Crippen molar-refractivity contribution in [3.63, 3.8) is 0 Å². The van der Waals surface area contributed by atoms with Crippen LogP contribution in [0.1, 0.15) is 16.7 Å². The number of rotatable bonds is 7. The van der Waals surface area contributed by atoms with E-state index < -0.39 is 10.8 Å². The first-order valence-corrected chi connectivity index (χ1v) is 8.77. The minimum absolute atomic E-state index is 0.0110. The molecule has 2 amide bonds. The summed E-state index contributed by atoms with van der Waals surface area (Å²) in [6, 6.07) is 9.90. The zero-order chi connectivity index (χ0) is 20.8. The molecule has 0 saturated carbocycles. The molecular formula is C20H24N4O4. The number of aryl methyl sites for hydroxylation is 3. The van der Waals surface area contributed by atoms with Crippen molar-refractivity contribution in [2.45, 2.75) is 20.8 Å². The van der Waals surface area contributed by atoms with Gasteiger partial charge in [-0.3, -0.25) is 24.6 Å². The third-order valence-corrected chi connectivity index (χ3v) is 4.14. The van der Waals surface area contributed by atoms with Crippen molar-refractivity contribution in [2.75, 3.05) is 30.8 Å². The van der Waals surface area contributed by atoms with Gasteiger partial charge >= 0.3 is 0 Å². The number of anilines is 2. The van der Waals surface area contributed by atoms with Crippen LogP contribution in [0.15, 0.2) is 36.4 Å². The standard InChI is InChI=1S/C20H24N4O4/c1-13-9-14(2)20(15(3)10-13)22-19(26)12-23(4)11-18(25)21-16-7-5-6-8-17(16)24(27)28/h5-10H,11-12H2,1-4H3,(H,21,25)(H,22,26). The lowest BCUT2D eigenvalue weighted by atomic mass is 10.1. The molecule has 0 fully saturated rings. The van der Waals surface area contributed by atoms with E-state index in [4.69, 9.17) is 0 Å². The zero-order valence-corrected chi connectivity index (χ0v) is 16.4. The summed E-state index contributed by atoms with van der Waals surface area (Å²) in [5, 5.41) is 16.4. The Morgan fingerprint density at radius 2 is 1.54 bits per heavy atom. The quantitative estimate of drug-likeness (QED) is 0.564. The zero-order valence-electron chi connectivity index (χ0n) is 16.4. The third kappa shape index (κ3) is 5.62. The number of hydrogen-bond donors (Lipinski definition) is 2. The summed E-state index contributed by atoms with van der Waals surface area (Å²) in [5.41, 5.74) is 3.79. The van der Waals surface area contributed by atoms with Crippen molar-refractivity contribution < 1.29 is 14.5 Å². The first kappa shape index (κ1) is 21.0. The van der Waals surface area contributed by atoms with Gasteiger partial charge in [0.05, 0.1) is 18.0 Å². The molecule has 0 atom stereocenters. The average molecular weight is 384 g/mol. The van der Waals surface area contributed by atoms with Crippen LogP contribution in [0.5, 0.6) is 0 Å². The maximum atomic E-state index is 12.3. The van der Waals surface area contributed by atoms with Crippen molar-refractivity contribution in [1.82, 2.24) is 4.90 Å². The summed E-state index contributed by atoms with van der Waals surface area (Å²) in [4.78, 5) is 36.5. The predicted molar refractivity (Wildman–Crippen MR) is 109 cm³/mol. The minimum atomic E-state index is -0.557. The van der Waals surface area contributed by atoms with Crippen LogP contribution in [0.4, 0.5) is 17.1 Å². The molecule has 0 aliphatic heterocycles. The predicted octanol–water partition coefficient (Wildman–Crippen LogP) is 3.03. The first-order chi connectivity index (χ1) is 13.2. The summed E-state index contributed by atoms with van der Waals surface area (Å²) in [7, 11) is 1.63. The Balaban J connectivity index is 1.93. The van der Waals surface area contributed by atoms with Gasteiger partial charge in [-0.05, 0) is 45.0 Å². The van der Waals surface area contributed by atoms with Gasteiger partial charge in [-0.15, -0.1) is 0 Å². The molecule has 0 spiro atoms. The number of carbonyl (C=O) groups excluding carboxylic acids is 2. The molecule has 0 aliphatic rings. The van der Waals surface area contributed by atoms with Crippen molar-refractivity contribution in [3.05, 3.63) is 63.2 Å². The maximum Gasteiger partial charge on any atom is 0.292 e. The Kier molecular flexibility index (Phi) is 6.84. The van der Waals surface area contributed by atoms with Crippen molar-refractivity contribution >= 4 is 28.9 Å². The number of nitrogens with zero attached hydrogens (tertiary/aromatic N) is 2. The van der Waals surface area contributed by atoms with Gasteiger partial charge in [0.25, 0.3) is 5.69 Å². The van der Waals surface area contributed by atoms with Gasteiger partial charge in [-0.25, -0.2) is 0 Å². The highest BCUT2D eigenvalue weighted by Gasteiger charge is 2.17. The molecule has 0 radical (unpaired) electrons.